The van der Waals surface area contributed by atoms with Crippen molar-refractivity contribution in [2.45, 2.75) is 20.5 Å². The zero-order valence-corrected chi connectivity index (χ0v) is 10.5. The molecule has 8 heteroatoms. The Morgan fingerprint density at radius 2 is 1.89 bits per heavy atom. The average molecular weight is 263 g/mol. The largest absolute Gasteiger partial charge is 0.466 e. The molecule has 0 bridgehead atoms. The maximum absolute atomic E-state index is 11.8. The summed E-state index contributed by atoms with van der Waals surface area (Å²) >= 11 is 0. The van der Waals surface area contributed by atoms with Gasteiger partial charge in [-0.25, -0.2) is 4.79 Å². The van der Waals surface area contributed by atoms with Crippen molar-refractivity contribution in [3.63, 3.8) is 0 Å². The topological polar surface area (TPSA) is 130 Å². The Bertz CT molecular complexity index is 603. The van der Waals surface area contributed by atoms with Crippen LogP contribution in [0.25, 0.3) is 0 Å². The number of carbonyl (C=O) groups is 1. The van der Waals surface area contributed by atoms with Gasteiger partial charge in [-0.1, -0.05) is 0 Å². The molecule has 2 rings (SSSR count). The summed E-state index contributed by atoms with van der Waals surface area (Å²) in [4.78, 5) is 23.0. The molecule has 2 heterocycles. The van der Waals surface area contributed by atoms with Crippen molar-refractivity contribution in [3.8, 4) is 0 Å². The number of carbonyl (C=O) groups excluding carboxylic acids is 1. The number of aromatic nitrogens is 3. The molecule has 0 amide bonds. The standard InChI is InChI=1S/C11H13N5O3/c1-5-3-7(6(2)19-5)9(17)18-4-8-14-10(12)16-11(13)15-8/h3H,4H2,1-2H3,(H4,12,13,14,15,16). The van der Waals surface area contributed by atoms with Crippen molar-refractivity contribution in [1.82, 2.24) is 15.0 Å². The number of aryl methyl sites for hydroxylation is 2. The number of hydrogen-bond donors (Lipinski definition) is 2. The van der Waals surface area contributed by atoms with Gasteiger partial charge in [0.15, 0.2) is 12.4 Å². The lowest BCUT2D eigenvalue weighted by atomic mass is 10.2. The van der Waals surface area contributed by atoms with Gasteiger partial charge in [0.05, 0.1) is 0 Å². The van der Waals surface area contributed by atoms with Crippen molar-refractivity contribution in [2.24, 2.45) is 0 Å². The van der Waals surface area contributed by atoms with Gasteiger partial charge in [-0.2, -0.15) is 15.0 Å². The Kier molecular flexibility index (Phi) is 3.32. The molecule has 0 aliphatic rings. The Morgan fingerprint density at radius 3 is 2.42 bits per heavy atom. The highest BCUT2D eigenvalue weighted by atomic mass is 16.5. The molecule has 2 aromatic rings. The highest BCUT2D eigenvalue weighted by molar-refractivity contribution is 5.90. The fourth-order valence-electron chi connectivity index (χ4n) is 1.56. The molecule has 0 atom stereocenters. The van der Waals surface area contributed by atoms with E-state index in [2.05, 4.69) is 15.0 Å². The summed E-state index contributed by atoms with van der Waals surface area (Å²) in [7, 11) is 0. The zero-order valence-electron chi connectivity index (χ0n) is 10.5. The summed E-state index contributed by atoms with van der Waals surface area (Å²) in [5.41, 5.74) is 11.2. The van der Waals surface area contributed by atoms with E-state index < -0.39 is 5.97 Å². The third-order valence-electron chi connectivity index (χ3n) is 2.31. The number of furan rings is 1. The molecule has 19 heavy (non-hydrogen) atoms. The van der Waals surface area contributed by atoms with Crippen LogP contribution in [0.15, 0.2) is 10.5 Å². The van der Waals surface area contributed by atoms with Gasteiger partial charge < -0.3 is 20.6 Å². The summed E-state index contributed by atoms with van der Waals surface area (Å²) < 4.78 is 10.3. The van der Waals surface area contributed by atoms with Crippen LogP contribution in [-0.2, 0) is 11.3 Å². The number of nitrogen functional groups attached to an aromatic ring is 2. The zero-order chi connectivity index (χ0) is 14.0. The minimum absolute atomic E-state index is 0.0196. The first-order valence-corrected chi connectivity index (χ1v) is 5.46. The normalized spacial score (nSPS) is 10.4. The van der Waals surface area contributed by atoms with Crippen molar-refractivity contribution in [1.29, 1.82) is 0 Å². The molecule has 0 saturated carbocycles. The van der Waals surface area contributed by atoms with Gasteiger partial charge in [-0.05, 0) is 19.9 Å². The Balaban J connectivity index is 2.06. The molecule has 4 N–H and O–H groups in total. The van der Waals surface area contributed by atoms with E-state index in [0.29, 0.717) is 17.1 Å². The molecule has 0 fully saturated rings. The first kappa shape index (κ1) is 12.8. The van der Waals surface area contributed by atoms with Crippen LogP contribution in [0.2, 0.25) is 0 Å². The van der Waals surface area contributed by atoms with Crippen LogP contribution in [0.3, 0.4) is 0 Å². The highest BCUT2D eigenvalue weighted by Crippen LogP contribution is 2.15. The van der Waals surface area contributed by atoms with E-state index in [9.17, 15) is 4.79 Å². The van der Waals surface area contributed by atoms with E-state index in [0.717, 1.165) is 0 Å². The number of rotatable bonds is 3. The van der Waals surface area contributed by atoms with Gasteiger partial charge in [0.1, 0.15) is 17.1 Å². The van der Waals surface area contributed by atoms with E-state index in [4.69, 9.17) is 20.6 Å². The lowest BCUT2D eigenvalue weighted by Gasteiger charge is -2.03. The second-order valence-corrected chi connectivity index (χ2v) is 3.87. The summed E-state index contributed by atoms with van der Waals surface area (Å²) in [6, 6.07) is 1.60. The number of hydrogen-bond acceptors (Lipinski definition) is 8. The van der Waals surface area contributed by atoms with E-state index in [1.54, 1.807) is 19.9 Å². The van der Waals surface area contributed by atoms with Crippen molar-refractivity contribution < 1.29 is 13.9 Å². The van der Waals surface area contributed by atoms with Gasteiger partial charge in [-0.3, -0.25) is 0 Å². The molecular formula is C11H13N5O3. The fourth-order valence-corrected chi connectivity index (χ4v) is 1.56. The monoisotopic (exact) mass is 263 g/mol. The molecule has 100 valence electrons. The predicted molar refractivity (Wildman–Crippen MR) is 66.0 cm³/mol. The average Bonchev–Trinajstić information content (AvgIpc) is 2.64. The molecule has 0 aromatic carbocycles. The second-order valence-electron chi connectivity index (χ2n) is 3.87. The number of ether oxygens (including phenoxy) is 1. The molecule has 2 aromatic heterocycles. The Hall–Kier alpha value is -2.64. The lowest BCUT2D eigenvalue weighted by molar-refractivity contribution is 0.0460. The van der Waals surface area contributed by atoms with Crippen LogP contribution in [-0.4, -0.2) is 20.9 Å². The van der Waals surface area contributed by atoms with Gasteiger partial charge in [0, 0.05) is 0 Å². The van der Waals surface area contributed by atoms with Gasteiger partial charge in [-0.15, -0.1) is 0 Å². The number of nitrogens with zero attached hydrogens (tertiary/aromatic N) is 3. The first-order valence-electron chi connectivity index (χ1n) is 5.46. The van der Waals surface area contributed by atoms with E-state index in [1.807, 2.05) is 0 Å². The van der Waals surface area contributed by atoms with Crippen LogP contribution < -0.4 is 11.5 Å². The molecule has 0 saturated heterocycles. The Labute approximate surface area is 108 Å². The van der Waals surface area contributed by atoms with Crippen LogP contribution in [0.4, 0.5) is 11.9 Å². The Morgan fingerprint density at radius 1 is 1.26 bits per heavy atom. The second kappa shape index (κ2) is 4.92. The van der Waals surface area contributed by atoms with Crippen LogP contribution in [0.1, 0.15) is 27.7 Å². The number of nitrogens with two attached hydrogens (primary N) is 2. The quantitative estimate of drug-likeness (QED) is 0.770. The summed E-state index contributed by atoms with van der Waals surface area (Å²) in [6.07, 6.45) is 0. The van der Waals surface area contributed by atoms with E-state index in [1.165, 1.54) is 0 Å². The van der Waals surface area contributed by atoms with E-state index >= 15 is 0 Å². The predicted octanol–water partition coefficient (Wildman–Crippen LogP) is 0.603. The van der Waals surface area contributed by atoms with Crippen molar-refractivity contribution >= 4 is 17.9 Å². The van der Waals surface area contributed by atoms with Crippen molar-refractivity contribution in [2.75, 3.05) is 11.5 Å². The SMILES string of the molecule is Cc1cc(C(=O)OCc2nc(N)nc(N)n2)c(C)o1. The third kappa shape index (κ3) is 2.97. The fraction of sp³-hybridized carbons (Fsp3) is 0.273. The number of anilines is 2. The minimum Gasteiger partial charge on any atom is -0.466 e. The number of esters is 1. The van der Waals surface area contributed by atoms with Gasteiger partial charge in [0.2, 0.25) is 11.9 Å². The van der Waals surface area contributed by atoms with Gasteiger partial charge >= 0.3 is 5.97 Å². The summed E-state index contributed by atoms with van der Waals surface area (Å²) in [5, 5.41) is 0. The molecule has 0 aliphatic heterocycles. The molecule has 0 spiro atoms. The van der Waals surface area contributed by atoms with E-state index in [-0.39, 0.29) is 24.3 Å². The van der Waals surface area contributed by atoms with Crippen molar-refractivity contribution in [3.05, 3.63) is 29.0 Å². The molecular weight excluding hydrogens is 250 g/mol. The van der Waals surface area contributed by atoms with Gasteiger partial charge in [0.25, 0.3) is 0 Å². The van der Waals surface area contributed by atoms with Crippen LogP contribution in [0, 0.1) is 13.8 Å². The molecule has 0 unspecified atom stereocenters. The molecule has 8 nitrogen and oxygen atoms in total. The smallest absolute Gasteiger partial charge is 0.342 e. The summed E-state index contributed by atoms with van der Waals surface area (Å²) in [5.74, 6) is 0.765. The summed E-state index contributed by atoms with van der Waals surface area (Å²) in [6.45, 7) is 3.29. The molecule has 0 aliphatic carbocycles. The molecule has 0 radical (unpaired) electrons. The lowest BCUT2D eigenvalue weighted by Crippen LogP contribution is -2.11. The highest BCUT2D eigenvalue weighted by Gasteiger charge is 2.15. The maximum Gasteiger partial charge on any atom is 0.342 e. The van der Waals surface area contributed by atoms with Crippen LogP contribution >= 0.6 is 0 Å². The first-order chi connectivity index (χ1) is 8.95. The third-order valence-corrected chi connectivity index (χ3v) is 2.31. The van der Waals surface area contributed by atoms with Crippen LogP contribution in [0.5, 0.6) is 0 Å². The maximum atomic E-state index is 11.8. The minimum atomic E-state index is -0.521.